The molecule has 108 valence electrons. The molecule has 0 saturated carbocycles. The van der Waals surface area contributed by atoms with Crippen molar-refractivity contribution in [3.05, 3.63) is 36.0 Å². The molecule has 7 nitrogen and oxygen atoms in total. The van der Waals surface area contributed by atoms with Crippen LogP contribution in [0.5, 0.6) is 0 Å². The Bertz CT molecular complexity index is 710. The number of rotatable bonds is 3. The van der Waals surface area contributed by atoms with Gasteiger partial charge in [-0.25, -0.2) is 4.79 Å². The number of carboxylic acids is 1. The van der Waals surface area contributed by atoms with E-state index in [-0.39, 0.29) is 11.6 Å². The Balaban J connectivity index is 2.03. The first-order valence-electron chi connectivity index (χ1n) is 6.41. The summed E-state index contributed by atoms with van der Waals surface area (Å²) < 4.78 is 5.11. The lowest BCUT2D eigenvalue weighted by Gasteiger charge is -2.27. The fraction of sp³-hybridized carbons (Fsp3) is 0.214. The van der Waals surface area contributed by atoms with Crippen molar-refractivity contribution >= 4 is 17.6 Å². The minimum absolute atomic E-state index is 0.0357. The van der Waals surface area contributed by atoms with Crippen molar-refractivity contribution in [2.24, 2.45) is 0 Å². The fourth-order valence-electron chi connectivity index (χ4n) is 2.34. The highest BCUT2D eigenvalue weighted by Gasteiger charge is 2.28. The second-order valence-electron chi connectivity index (χ2n) is 4.69. The number of hydrogen-bond acceptors (Lipinski definition) is 5. The molecule has 0 bridgehead atoms. The molecule has 1 aromatic heterocycles. The van der Waals surface area contributed by atoms with E-state index in [4.69, 9.17) is 9.63 Å². The molecule has 1 aliphatic rings. The quantitative estimate of drug-likeness (QED) is 0.923. The summed E-state index contributed by atoms with van der Waals surface area (Å²) in [5.74, 6) is -0.750. The van der Waals surface area contributed by atoms with Crippen LogP contribution in [0.4, 0.5) is 5.69 Å². The Labute approximate surface area is 120 Å². The Morgan fingerprint density at radius 1 is 1.38 bits per heavy atom. The first-order chi connectivity index (χ1) is 10.1. The van der Waals surface area contributed by atoms with Crippen molar-refractivity contribution in [3.8, 4) is 11.3 Å². The molecule has 0 atom stereocenters. The van der Waals surface area contributed by atoms with Crippen LogP contribution >= 0.6 is 0 Å². The molecule has 0 radical (unpaired) electrons. The average Bonchev–Trinajstić information content (AvgIpc) is 3.08. The maximum Gasteiger partial charge on any atom is 0.358 e. The molecule has 3 rings (SSSR count). The van der Waals surface area contributed by atoms with E-state index < -0.39 is 5.97 Å². The molecule has 21 heavy (non-hydrogen) atoms. The molecule has 0 aliphatic carbocycles. The van der Waals surface area contributed by atoms with E-state index in [1.807, 2.05) is 23.2 Å². The molecule has 7 heteroatoms. The van der Waals surface area contributed by atoms with E-state index in [2.05, 4.69) is 5.16 Å². The van der Waals surface area contributed by atoms with Gasteiger partial charge in [-0.3, -0.25) is 14.8 Å². The molecule has 1 N–H and O–H groups in total. The highest BCUT2D eigenvalue weighted by molar-refractivity contribution is 5.88. The summed E-state index contributed by atoms with van der Waals surface area (Å²) in [4.78, 5) is 22.6. The van der Waals surface area contributed by atoms with Crippen LogP contribution in [0.1, 0.15) is 16.9 Å². The van der Waals surface area contributed by atoms with Gasteiger partial charge in [-0.1, -0.05) is 17.3 Å². The van der Waals surface area contributed by atoms with Gasteiger partial charge in [-0.15, -0.1) is 0 Å². The summed E-state index contributed by atoms with van der Waals surface area (Å²) in [6.45, 7) is 0.576. The Kier molecular flexibility index (Phi) is 3.09. The lowest BCUT2D eigenvalue weighted by atomic mass is 10.1. The van der Waals surface area contributed by atoms with E-state index in [1.165, 1.54) is 6.07 Å². The highest BCUT2D eigenvalue weighted by atomic mass is 16.5. The van der Waals surface area contributed by atoms with E-state index in [9.17, 15) is 9.59 Å². The number of carbonyl (C=O) groups is 2. The van der Waals surface area contributed by atoms with Crippen LogP contribution in [0, 0.1) is 0 Å². The summed E-state index contributed by atoms with van der Waals surface area (Å²) in [6.07, 6.45) is 0.446. The number of aromatic nitrogens is 1. The third-order valence-electron chi connectivity index (χ3n) is 3.44. The lowest BCUT2D eigenvalue weighted by Crippen LogP contribution is -2.35. The van der Waals surface area contributed by atoms with Crippen molar-refractivity contribution in [2.45, 2.75) is 6.42 Å². The minimum Gasteiger partial charge on any atom is -0.476 e. The van der Waals surface area contributed by atoms with Crippen molar-refractivity contribution in [1.29, 1.82) is 0 Å². The fourth-order valence-corrected chi connectivity index (χ4v) is 2.34. The predicted octanol–water partition coefficient (Wildman–Crippen LogP) is 1.62. The van der Waals surface area contributed by atoms with Crippen LogP contribution in [0.3, 0.4) is 0 Å². The van der Waals surface area contributed by atoms with Crippen LogP contribution in [-0.2, 0) is 4.79 Å². The van der Waals surface area contributed by atoms with Crippen LogP contribution in [-0.4, -0.2) is 40.7 Å². The molecule has 0 spiro atoms. The number of hydrazine groups is 1. The second kappa shape index (κ2) is 4.93. The smallest absolute Gasteiger partial charge is 0.358 e. The van der Waals surface area contributed by atoms with Gasteiger partial charge in [-0.2, -0.15) is 0 Å². The monoisotopic (exact) mass is 287 g/mol. The standard InChI is InChI=1S/C14H13N3O4/c1-16-13(18)6-7-17(16)11-5-3-2-4-9(11)12-8-10(14(19)20)15-21-12/h2-5,8H,6-7H2,1H3,(H,19,20). The van der Waals surface area contributed by atoms with Gasteiger partial charge < -0.3 is 9.63 Å². The third-order valence-corrected chi connectivity index (χ3v) is 3.44. The van der Waals surface area contributed by atoms with Gasteiger partial charge >= 0.3 is 5.97 Å². The van der Waals surface area contributed by atoms with Gasteiger partial charge in [0.1, 0.15) is 0 Å². The van der Waals surface area contributed by atoms with Crippen LogP contribution in [0.2, 0.25) is 0 Å². The van der Waals surface area contributed by atoms with Crippen molar-refractivity contribution < 1.29 is 19.2 Å². The molecule has 2 heterocycles. The van der Waals surface area contributed by atoms with Gasteiger partial charge in [0.05, 0.1) is 5.69 Å². The number of benzene rings is 1. The SMILES string of the molecule is CN1C(=O)CCN1c1ccccc1-c1cc(C(=O)O)no1. The topological polar surface area (TPSA) is 86.9 Å². The average molecular weight is 287 g/mol. The van der Waals surface area contributed by atoms with E-state index in [0.717, 1.165) is 5.69 Å². The van der Waals surface area contributed by atoms with Gasteiger partial charge in [0.2, 0.25) is 5.91 Å². The summed E-state index contributed by atoms with van der Waals surface area (Å²) in [6, 6.07) is 8.70. The number of carbonyl (C=O) groups excluding carboxylic acids is 1. The zero-order valence-corrected chi connectivity index (χ0v) is 11.3. The lowest BCUT2D eigenvalue weighted by molar-refractivity contribution is -0.126. The van der Waals surface area contributed by atoms with Gasteiger partial charge in [-0.05, 0) is 12.1 Å². The Hall–Kier alpha value is -2.83. The van der Waals surface area contributed by atoms with E-state index in [0.29, 0.717) is 24.3 Å². The molecule has 2 aromatic rings. The van der Waals surface area contributed by atoms with Gasteiger partial charge in [0.15, 0.2) is 11.5 Å². The molecule has 1 aliphatic heterocycles. The molecular formula is C14H13N3O4. The second-order valence-corrected chi connectivity index (χ2v) is 4.69. The first kappa shape index (κ1) is 13.2. The minimum atomic E-state index is -1.14. The van der Waals surface area contributed by atoms with Crippen molar-refractivity contribution in [3.63, 3.8) is 0 Å². The third kappa shape index (κ3) is 2.22. The Morgan fingerprint density at radius 2 is 2.14 bits per heavy atom. The number of para-hydroxylation sites is 1. The van der Waals surface area contributed by atoms with Crippen molar-refractivity contribution in [2.75, 3.05) is 18.6 Å². The number of anilines is 1. The maximum atomic E-state index is 11.7. The summed E-state index contributed by atoms with van der Waals surface area (Å²) in [5, 5.41) is 15.8. The molecule has 1 fully saturated rings. The van der Waals surface area contributed by atoms with E-state index >= 15 is 0 Å². The molecule has 1 amide bonds. The van der Waals surface area contributed by atoms with Crippen molar-refractivity contribution in [1.82, 2.24) is 10.2 Å². The molecule has 1 aromatic carbocycles. The first-order valence-corrected chi connectivity index (χ1v) is 6.41. The number of hydrogen-bond donors (Lipinski definition) is 1. The molecule has 0 unspecified atom stereocenters. The highest BCUT2D eigenvalue weighted by Crippen LogP contribution is 2.33. The summed E-state index contributed by atoms with van der Waals surface area (Å²) in [5.41, 5.74) is 1.32. The summed E-state index contributed by atoms with van der Waals surface area (Å²) in [7, 11) is 1.70. The normalized spacial score (nSPS) is 14.8. The number of carboxylic acid groups (broad SMARTS) is 1. The summed E-state index contributed by atoms with van der Waals surface area (Å²) >= 11 is 0. The zero-order chi connectivity index (χ0) is 15.0. The van der Waals surface area contributed by atoms with Gasteiger partial charge in [0.25, 0.3) is 0 Å². The zero-order valence-electron chi connectivity index (χ0n) is 11.3. The molecular weight excluding hydrogens is 274 g/mol. The largest absolute Gasteiger partial charge is 0.476 e. The molecule has 1 saturated heterocycles. The Morgan fingerprint density at radius 3 is 2.76 bits per heavy atom. The number of amides is 1. The van der Waals surface area contributed by atoms with Gasteiger partial charge in [0, 0.05) is 31.6 Å². The van der Waals surface area contributed by atoms with Crippen LogP contribution in [0.15, 0.2) is 34.9 Å². The maximum absolute atomic E-state index is 11.7. The predicted molar refractivity (Wildman–Crippen MR) is 73.6 cm³/mol. The number of nitrogens with zero attached hydrogens (tertiary/aromatic N) is 3. The van der Waals surface area contributed by atoms with E-state index in [1.54, 1.807) is 18.1 Å². The van der Waals surface area contributed by atoms with Crippen LogP contribution < -0.4 is 5.01 Å². The number of aromatic carboxylic acids is 1. The van der Waals surface area contributed by atoms with Crippen LogP contribution in [0.25, 0.3) is 11.3 Å².